The molecule has 1 amide bonds. The molecule has 2 heterocycles. The normalized spacial score (nSPS) is 18.3. The van der Waals surface area contributed by atoms with Gasteiger partial charge in [-0.1, -0.05) is 18.2 Å². The van der Waals surface area contributed by atoms with E-state index < -0.39 is 36.0 Å². The molecule has 3 rings (SSSR count). The lowest BCUT2D eigenvalue weighted by Crippen LogP contribution is -2.53. The molecule has 1 aliphatic rings. The summed E-state index contributed by atoms with van der Waals surface area (Å²) < 4.78 is 0. The van der Waals surface area contributed by atoms with E-state index in [1.165, 1.54) is 11.8 Å². The van der Waals surface area contributed by atoms with E-state index in [0.29, 0.717) is 24.9 Å². The van der Waals surface area contributed by atoms with Crippen LogP contribution in [0.4, 0.5) is 0 Å². The molecule has 1 aromatic heterocycles. The van der Waals surface area contributed by atoms with E-state index in [2.05, 4.69) is 10.3 Å². The number of likely N-dealkylation sites (tertiary alicyclic amines) is 1. The molecular weight excluding hydrogens is 390 g/mol. The van der Waals surface area contributed by atoms with E-state index in [1.54, 1.807) is 6.20 Å². The molecule has 1 aliphatic heterocycles. The lowest BCUT2D eigenvalue weighted by molar-refractivity contribution is -0.149. The van der Waals surface area contributed by atoms with E-state index in [1.807, 2.05) is 24.3 Å². The highest BCUT2D eigenvalue weighted by Crippen LogP contribution is 2.21. The number of Topliss-reactive ketones (excluding diaryl/α,β-unsaturated/α-hetero) is 1. The van der Waals surface area contributed by atoms with Crippen LogP contribution in [0, 0.1) is 0 Å². The summed E-state index contributed by atoms with van der Waals surface area (Å²) in [4.78, 5) is 52.5. The molecule has 3 atom stereocenters. The second kappa shape index (κ2) is 9.08. The Bertz CT molecular complexity index is 969. The van der Waals surface area contributed by atoms with Gasteiger partial charge in [0.25, 0.3) is 0 Å². The molecule has 0 bridgehead atoms. The summed E-state index contributed by atoms with van der Waals surface area (Å²) in [5.74, 6) is -2.87. The molecule has 0 aliphatic carbocycles. The third-order valence-electron chi connectivity index (χ3n) is 5.49. The van der Waals surface area contributed by atoms with E-state index in [0.717, 1.165) is 10.9 Å². The molecule has 0 spiro atoms. The average Bonchev–Trinajstić information content (AvgIpc) is 3.37. The van der Waals surface area contributed by atoms with Crippen LogP contribution in [0.5, 0.6) is 0 Å². The highest BCUT2D eigenvalue weighted by Gasteiger charge is 2.36. The van der Waals surface area contributed by atoms with Crippen molar-refractivity contribution in [2.75, 3.05) is 6.54 Å². The summed E-state index contributed by atoms with van der Waals surface area (Å²) in [6.45, 7) is 1.84. The molecule has 1 saturated heterocycles. The molecule has 9 heteroatoms. The third kappa shape index (κ3) is 4.51. The van der Waals surface area contributed by atoms with Gasteiger partial charge in [-0.05, 0) is 32.3 Å². The van der Waals surface area contributed by atoms with Gasteiger partial charge in [-0.2, -0.15) is 0 Å². The van der Waals surface area contributed by atoms with E-state index in [-0.39, 0.29) is 18.6 Å². The number of amides is 1. The van der Waals surface area contributed by atoms with Gasteiger partial charge < -0.3 is 20.1 Å². The molecule has 9 nitrogen and oxygen atoms in total. The summed E-state index contributed by atoms with van der Waals surface area (Å²) in [6, 6.07) is 4.48. The fraction of sp³-hybridized carbons (Fsp3) is 0.429. The Morgan fingerprint density at radius 3 is 2.67 bits per heavy atom. The number of carboxylic acids is 2. The number of aromatic amines is 1. The van der Waals surface area contributed by atoms with Crippen molar-refractivity contribution >= 4 is 34.5 Å². The highest BCUT2D eigenvalue weighted by atomic mass is 16.4. The van der Waals surface area contributed by atoms with E-state index in [9.17, 15) is 29.4 Å². The minimum absolute atomic E-state index is 0.00576. The Balaban J connectivity index is 1.62. The maximum absolute atomic E-state index is 12.6. The number of aliphatic carboxylic acids is 2. The predicted octanol–water partition coefficient (Wildman–Crippen LogP) is 1.64. The number of benzene rings is 1. The van der Waals surface area contributed by atoms with Crippen LogP contribution < -0.4 is 5.32 Å². The third-order valence-corrected chi connectivity index (χ3v) is 5.49. The number of nitrogens with one attached hydrogen (secondary N) is 2. The van der Waals surface area contributed by atoms with Gasteiger partial charge in [0.15, 0.2) is 5.78 Å². The van der Waals surface area contributed by atoms with Crippen molar-refractivity contribution in [3.8, 4) is 0 Å². The second-order valence-corrected chi connectivity index (χ2v) is 7.52. The molecule has 160 valence electrons. The maximum Gasteiger partial charge on any atom is 0.326 e. The topological polar surface area (TPSA) is 140 Å². The zero-order chi connectivity index (χ0) is 21.8. The fourth-order valence-electron chi connectivity index (χ4n) is 3.90. The van der Waals surface area contributed by atoms with Crippen LogP contribution in [0.15, 0.2) is 30.5 Å². The maximum atomic E-state index is 12.6. The summed E-state index contributed by atoms with van der Waals surface area (Å²) in [6.07, 6.45) is 2.59. The predicted molar refractivity (Wildman–Crippen MR) is 108 cm³/mol. The number of ketones is 1. The number of rotatable bonds is 9. The Labute approximate surface area is 173 Å². The van der Waals surface area contributed by atoms with Crippen LogP contribution >= 0.6 is 0 Å². The molecule has 0 saturated carbocycles. The van der Waals surface area contributed by atoms with Gasteiger partial charge in [0.2, 0.25) is 5.91 Å². The number of carbonyl (C=O) groups excluding carboxylic acids is 2. The van der Waals surface area contributed by atoms with Crippen molar-refractivity contribution in [3.63, 3.8) is 0 Å². The zero-order valence-corrected chi connectivity index (χ0v) is 16.6. The van der Waals surface area contributed by atoms with Gasteiger partial charge in [0.1, 0.15) is 12.1 Å². The fourth-order valence-corrected chi connectivity index (χ4v) is 3.90. The number of aromatic nitrogens is 1. The number of hydrogen-bond acceptors (Lipinski definition) is 5. The number of hydrogen-bond donors (Lipinski definition) is 4. The molecule has 1 aromatic carbocycles. The summed E-state index contributed by atoms with van der Waals surface area (Å²) in [5.41, 5.74) is 1.33. The Morgan fingerprint density at radius 2 is 1.97 bits per heavy atom. The Kier molecular flexibility index (Phi) is 6.51. The van der Waals surface area contributed by atoms with Gasteiger partial charge in [0.05, 0.1) is 6.04 Å². The van der Waals surface area contributed by atoms with Crippen LogP contribution in [0.2, 0.25) is 0 Å². The van der Waals surface area contributed by atoms with Crippen LogP contribution in [0.3, 0.4) is 0 Å². The molecule has 1 unspecified atom stereocenters. The van der Waals surface area contributed by atoms with Gasteiger partial charge in [0, 0.05) is 35.6 Å². The van der Waals surface area contributed by atoms with Crippen molar-refractivity contribution in [3.05, 3.63) is 36.0 Å². The monoisotopic (exact) mass is 415 g/mol. The van der Waals surface area contributed by atoms with Crippen molar-refractivity contribution in [1.29, 1.82) is 0 Å². The molecule has 2 aromatic rings. The quantitative estimate of drug-likeness (QED) is 0.456. The first-order chi connectivity index (χ1) is 14.3. The van der Waals surface area contributed by atoms with Crippen molar-refractivity contribution in [2.24, 2.45) is 0 Å². The average molecular weight is 415 g/mol. The van der Waals surface area contributed by atoms with E-state index >= 15 is 0 Å². The number of H-pyrrole nitrogens is 1. The van der Waals surface area contributed by atoms with Gasteiger partial charge in [-0.25, -0.2) is 4.79 Å². The number of carboxylic acid groups (broad SMARTS) is 2. The van der Waals surface area contributed by atoms with Gasteiger partial charge >= 0.3 is 11.9 Å². The first-order valence-electron chi connectivity index (χ1n) is 9.91. The van der Waals surface area contributed by atoms with Crippen LogP contribution in [0.25, 0.3) is 10.9 Å². The largest absolute Gasteiger partial charge is 0.480 e. The van der Waals surface area contributed by atoms with Crippen LogP contribution in [-0.2, 0) is 14.4 Å². The zero-order valence-electron chi connectivity index (χ0n) is 16.6. The first kappa shape index (κ1) is 21.5. The molecule has 1 fully saturated rings. The molecule has 30 heavy (non-hydrogen) atoms. The SMILES string of the molecule is C[C@H](NC(CCC(=O)c1c[nH]c2ccccc12)C(=O)O)C(=O)N1CCC[C@H]1C(=O)O. The van der Waals surface area contributed by atoms with Crippen molar-refractivity contribution < 1.29 is 29.4 Å². The number of fused-ring (bicyclic) bond motifs is 1. The van der Waals surface area contributed by atoms with E-state index in [4.69, 9.17) is 0 Å². The molecular formula is C21H25N3O6. The smallest absolute Gasteiger partial charge is 0.326 e. The lowest BCUT2D eigenvalue weighted by Gasteiger charge is -2.27. The second-order valence-electron chi connectivity index (χ2n) is 7.52. The molecule has 0 radical (unpaired) electrons. The highest BCUT2D eigenvalue weighted by molar-refractivity contribution is 6.07. The van der Waals surface area contributed by atoms with Crippen molar-refractivity contribution in [1.82, 2.24) is 15.2 Å². The standard InChI is InChI=1S/C21H25N3O6/c1-12(19(26)24-10-4-7-17(24)21(29)30)23-16(20(27)28)8-9-18(25)14-11-22-15-6-3-2-5-13(14)15/h2-3,5-6,11-12,16-17,22-23H,4,7-10H2,1H3,(H,27,28)(H,29,30)/t12-,16?,17-/m0/s1. The Hall–Kier alpha value is -3.20. The minimum atomic E-state index is -1.17. The summed E-state index contributed by atoms with van der Waals surface area (Å²) >= 11 is 0. The number of nitrogens with zero attached hydrogens (tertiary/aromatic N) is 1. The number of para-hydroxylation sites is 1. The van der Waals surface area contributed by atoms with Gasteiger partial charge in [-0.3, -0.25) is 19.7 Å². The van der Waals surface area contributed by atoms with Crippen LogP contribution in [0.1, 0.15) is 43.0 Å². The first-order valence-corrected chi connectivity index (χ1v) is 9.91. The summed E-state index contributed by atoms with van der Waals surface area (Å²) in [5, 5.41) is 22.3. The van der Waals surface area contributed by atoms with Gasteiger partial charge in [-0.15, -0.1) is 0 Å². The van der Waals surface area contributed by atoms with Crippen molar-refractivity contribution in [2.45, 2.75) is 50.7 Å². The summed E-state index contributed by atoms with van der Waals surface area (Å²) in [7, 11) is 0. The number of carbonyl (C=O) groups is 4. The molecule has 4 N–H and O–H groups in total. The minimum Gasteiger partial charge on any atom is -0.480 e. The Morgan fingerprint density at radius 1 is 1.23 bits per heavy atom. The lowest BCUT2D eigenvalue weighted by atomic mass is 10.0. The van der Waals surface area contributed by atoms with Crippen LogP contribution in [-0.4, -0.2) is 68.4 Å².